The van der Waals surface area contributed by atoms with E-state index in [-0.39, 0.29) is 38.8 Å². The molecule has 0 radical (unpaired) electrons. The highest BCUT2D eigenvalue weighted by atomic mass is 35.5. The number of aliphatic hydroxyl groups excluding tert-OH is 4. The van der Waals surface area contributed by atoms with Crippen LogP contribution in [0.25, 0.3) is 0 Å². The summed E-state index contributed by atoms with van der Waals surface area (Å²) in [6.07, 6.45) is -2.72. The first kappa shape index (κ1) is 52.9. The van der Waals surface area contributed by atoms with Crippen molar-refractivity contribution < 1.29 is 85.6 Å². The summed E-state index contributed by atoms with van der Waals surface area (Å²) < 4.78 is 3.38. The minimum Gasteiger partial charge on any atom is -1.00 e. The number of hydrogen-bond donors (Lipinski definition) is 5. The van der Waals surface area contributed by atoms with Crippen LogP contribution in [-0.2, 0) is 14.4 Å². The number of carbonyl (C=O) groups is 3. The number of rotatable bonds is 13. The van der Waals surface area contributed by atoms with Crippen LogP contribution in [-0.4, -0.2) is 204 Å². The normalized spacial score (nSPS) is 11.4. The quantitative estimate of drug-likeness (QED) is 0.119. The van der Waals surface area contributed by atoms with Crippen molar-refractivity contribution in [3.8, 4) is 0 Å². The third-order valence-electron chi connectivity index (χ3n) is 4.34. The predicted octanol–water partition coefficient (Wildman–Crippen LogP) is -9.51. The highest BCUT2D eigenvalue weighted by Gasteiger charge is 2.29. The summed E-state index contributed by atoms with van der Waals surface area (Å²) in [5, 5.41) is 72.5. The Kier molecular flexibility index (Phi) is 32.5. The van der Waals surface area contributed by atoms with E-state index in [1.54, 1.807) is 0 Å². The summed E-state index contributed by atoms with van der Waals surface area (Å²) in [5.41, 5.74) is -2.97. The second-order valence-electron chi connectivity index (χ2n) is 13.4. The lowest BCUT2D eigenvalue weighted by molar-refractivity contribution is -0.870. The molecule has 0 rings (SSSR count). The second kappa shape index (κ2) is 25.8. The van der Waals surface area contributed by atoms with E-state index in [0.29, 0.717) is 0 Å². The average Bonchev–Trinajstić information content (AvgIpc) is 2.64. The van der Waals surface area contributed by atoms with Gasteiger partial charge in [0, 0.05) is 24.8 Å². The van der Waals surface area contributed by atoms with E-state index < -0.39 is 36.4 Å². The van der Waals surface area contributed by atoms with Gasteiger partial charge in [0.05, 0.1) is 117 Å². The zero-order valence-electron chi connectivity index (χ0n) is 27.9. The Morgan fingerprint density at radius 2 is 0.667 bits per heavy atom. The second-order valence-corrected chi connectivity index (χ2v) is 13.4. The Morgan fingerprint density at radius 3 is 0.714 bits per heavy atom. The predicted molar refractivity (Wildman–Crippen MR) is 149 cm³/mol. The van der Waals surface area contributed by atoms with Crippen molar-refractivity contribution in [2.75, 3.05) is 137 Å². The van der Waals surface area contributed by atoms with Crippen LogP contribution >= 0.6 is 0 Å². The minimum atomic E-state index is -2.97. The molecule has 16 heteroatoms. The average molecular weight is 641 g/mol. The SMILES string of the molecule is C[N+](C)(C)CCO.C[N+](C)(C)CCO.C[N+](C)(C)CCO.C[N+](C)(C)CCO.O=C([O-])CC(O)(CC(=O)[O-])C(=O)[O-].[Cl-]. The molecule has 15 nitrogen and oxygen atoms in total. The van der Waals surface area contributed by atoms with Gasteiger partial charge in [-0.1, -0.05) is 0 Å². The summed E-state index contributed by atoms with van der Waals surface area (Å²) in [4.78, 5) is 30.0. The smallest absolute Gasteiger partial charge is 0.114 e. The minimum absolute atomic E-state index is 0. The monoisotopic (exact) mass is 640 g/mol. The fourth-order valence-corrected chi connectivity index (χ4v) is 1.88. The van der Waals surface area contributed by atoms with Crippen LogP contribution in [0.1, 0.15) is 12.8 Å². The number of halogens is 1. The number of aliphatic hydroxyl groups is 5. The van der Waals surface area contributed by atoms with E-state index in [1.807, 2.05) is 0 Å². The fourth-order valence-electron chi connectivity index (χ4n) is 1.88. The zero-order valence-corrected chi connectivity index (χ0v) is 28.7. The van der Waals surface area contributed by atoms with Crippen molar-refractivity contribution in [2.45, 2.75) is 18.4 Å². The maximum absolute atomic E-state index is 10.1. The number of quaternary nitrogens is 4. The van der Waals surface area contributed by atoms with Crippen LogP contribution in [0.2, 0.25) is 0 Å². The zero-order chi connectivity index (χ0) is 34.3. The molecule has 0 saturated heterocycles. The van der Waals surface area contributed by atoms with Gasteiger partial charge < -0.3 is 85.6 Å². The number of nitrogens with zero attached hydrogens (tertiary/aromatic N) is 4. The standard InChI is InChI=1S/C6H8O7.4C5H14NO.ClH/c7-3(8)1-6(13,5(11)12)2-4(9)10;4*1-6(2,3)4-5-7;/h13H,1-2H2,(H,7,8)(H,9,10)(H,11,12);4*7H,4-5H2,1-3H3;1H/q;4*+1;/p-4. The highest BCUT2D eigenvalue weighted by molar-refractivity contribution is 5.86. The van der Waals surface area contributed by atoms with Gasteiger partial charge in [0.2, 0.25) is 0 Å². The van der Waals surface area contributed by atoms with Gasteiger partial charge in [-0.05, 0) is 0 Å². The van der Waals surface area contributed by atoms with Crippen molar-refractivity contribution >= 4 is 17.9 Å². The molecule has 0 aliphatic rings. The van der Waals surface area contributed by atoms with Crippen LogP contribution in [0.15, 0.2) is 0 Å². The molecule has 0 bridgehead atoms. The number of carboxylic acids is 3. The van der Waals surface area contributed by atoms with Crippen LogP contribution in [0.5, 0.6) is 0 Å². The molecule has 0 unspecified atom stereocenters. The van der Waals surface area contributed by atoms with Crippen molar-refractivity contribution in [1.29, 1.82) is 0 Å². The van der Waals surface area contributed by atoms with E-state index >= 15 is 0 Å². The van der Waals surface area contributed by atoms with Gasteiger partial charge in [-0.2, -0.15) is 0 Å². The highest BCUT2D eigenvalue weighted by Crippen LogP contribution is 2.13. The van der Waals surface area contributed by atoms with E-state index in [1.165, 1.54) is 0 Å². The van der Waals surface area contributed by atoms with Gasteiger partial charge in [0.15, 0.2) is 0 Å². The van der Waals surface area contributed by atoms with Crippen LogP contribution in [0.4, 0.5) is 0 Å². The summed E-state index contributed by atoms with van der Waals surface area (Å²) in [5.74, 6) is -5.98. The number of aliphatic carboxylic acids is 3. The lowest BCUT2D eigenvalue weighted by Gasteiger charge is -2.29. The maximum atomic E-state index is 10.1. The molecule has 42 heavy (non-hydrogen) atoms. The van der Waals surface area contributed by atoms with Crippen molar-refractivity contribution in [1.82, 2.24) is 0 Å². The molecule has 0 aliphatic carbocycles. The summed E-state index contributed by atoms with van der Waals surface area (Å²) >= 11 is 0. The molecule has 0 atom stereocenters. The van der Waals surface area contributed by atoms with Crippen LogP contribution < -0.4 is 27.7 Å². The molecule has 0 saturated carbocycles. The third-order valence-corrected chi connectivity index (χ3v) is 4.34. The van der Waals surface area contributed by atoms with Crippen LogP contribution in [0, 0.1) is 0 Å². The number of carbonyl (C=O) groups excluding carboxylic acids is 3. The van der Waals surface area contributed by atoms with Crippen molar-refractivity contribution in [3.05, 3.63) is 0 Å². The first-order valence-corrected chi connectivity index (χ1v) is 13.0. The maximum Gasteiger partial charge on any atom is 0.114 e. The summed E-state index contributed by atoms with van der Waals surface area (Å²) in [7, 11) is 24.6. The lowest BCUT2D eigenvalue weighted by atomic mass is 9.96. The van der Waals surface area contributed by atoms with Gasteiger partial charge in [0.1, 0.15) is 31.8 Å². The van der Waals surface area contributed by atoms with Gasteiger partial charge in [-0.15, -0.1) is 0 Å². The fraction of sp³-hybridized carbons (Fsp3) is 0.885. The Labute approximate surface area is 259 Å². The molecule has 5 N–H and O–H groups in total. The molecule has 0 heterocycles. The molecule has 258 valence electrons. The number of carboxylic acid groups (broad SMARTS) is 3. The summed E-state index contributed by atoms with van der Waals surface area (Å²) in [6, 6.07) is 0. The lowest BCUT2D eigenvalue weighted by Crippen LogP contribution is -3.00. The molecule has 0 aliphatic heterocycles. The van der Waals surface area contributed by atoms with E-state index in [9.17, 15) is 29.7 Å². The largest absolute Gasteiger partial charge is 1.00 e. The molecular formula is C26H61ClN4O11. The van der Waals surface area contributed by atoms with E-state index in [0.717, 1.165) is 44.1 Å². The molecule has 0 aromatic heterocycles. The molecular weight excluding hydrogens is 580 g/mol. The topological polar surface area (TPSA) is 222 Å². The number of hydrogen-bond acceptors (Lipinski definition) is 11. The number of likely N-dealkylation sites (N-methyl/N-ethyl adjacent to an activating group) is 4. The molecule has 0 amide bonds. The molecule has 0 aromatic carbocycles. The molecule has 0 aromatic rings. The molecule has 0 fully saturated rings. The van der Waals surface area contributed by atoms with Gasteiger partial charge in [-0.25, -0.2) is 0 Å². The third kappa shape index (κ3) is 58.1. The van der Waals surface area contributed by atoms with Gasteiger partial charge in [0.25, 0.3) is 0 Å². The van der Waals surface area contributed by atoms with E-state index in [4.69, 9.17) is 25.5 Å². The Morgan fingerprint density at radius 1 is 0.500 bits per heavy atom. The summed E-state index contributed by atoms with van der Waals surface area (Å²) in [6.45, 7) is 4.46. The Hall–Kier alpha value is -1.66. The van der Waals surface area contributed by atoms with Crippen molar-refractivity contribution in [2.24, 2.45) is 0 Å². The first-order chi connectivity index (χ1) is 18.0. The van der Waals surface area contributed by atoms with E-state index in [2.05, 4.69) is 84.6 Å². The van der Waals surface area contributed by atoms with Crippen LogP contribution in [0.3, 0.4) is 0 Å². The van der Waals surface area contributed by atoms with Gasteiger partial charge >= 0.3 is 0 Å². The Balaban J connectivity index is -0.0000000990. The molecule has 0 spiro atoms. The van der Waals surface area contributed by atoms with Gasteiger partial charge in [-0.3, -0.25) is 0 Å². The Bertz CT molecular complexity index is 606. The first-order valence-electron chi connectivity index (χ1n) is 13.0. The van der Waals surface area contributed by atoms with Crippen molar-refractivity contribution in [3.63, 3.8) is 0 Å².